The van der Waals surface area contributed by atoms with Crippen LogP contribution in [0.4, 0.5) is 4.39 Å². The number of unbranched alkanes of at least 4 members (excludes halogenated alkanes) is 9. The molecule has 0 amide bonds. The summed E-state index contributed by atoms with van der Waals surface area (Å²) in [7, 11) is 0. The van der Waals surface area contributed by atoms with Gasteiger partial charge in [-0.25, -0.2) is 9.18 Å². The lowest BCUT2D eigenvalue weighted by atomic mass is 9.74. The van der Waals surface area contributed by atoms with Crippen molar-refractivity contribution >= 4 is 5.97 Å². The van der Waals surface area contributed by atoms with E-state index in [0.29, 0.717) is 17.7 Å². The summed E-state index contributed by atoms with van der Waals surface area (Å²) in [5.74, 6) is 1.97. The van der Waals surface area contributed by atoms with E-state index in [4.69, 9.17) is 9.47 Å². The Kier molecular flexibility index (Phi) is 15.9. The molecule has 0 spiro atoms. The smallest absolute Gasteiger partial charge is 0.343 e. The summed E-state index contributed by atoms with van der Waals surface area (Å²) in [5.41, 5.74) is 1.12. The van der Waals surface area contributed by atoms with E-state index in [-0.39, 0.29) is 11.6 Å². The third-order valence-electron chi connectivity index (χ3n) is 8.86. The second-order valence-electron chi connectivity index (χ2n) is 12.2. The zero-order valence-electron chi connectivity index (χ0n) is 25.9. The van der Waals surface area contributed by atoms with Crippen molar-refractivity contribution in [1.29, 1.82) is 0 Å². The van der Waals surface area contributed by atoms with Crippen LogP contribution in [0, 0.1) is 17.7 Å². The monoisotopic (exact) mass is 566 g/mol. The van der Waals surface area contributed by atoms with E-state index in [2.05, 4.69) is 13.8 Å². The summed E-state index contributed by atoms with van der Waals surface area (Å²) in [6, 6.07) is 11.8. The van der Waals surface area contributed by atoms with Gasteiger partial charge in [0.1, 0.15) is 17.3 Å². The highest BCUT2D eigenvalue weighted by atomic mass is 19.1. The van der Waals surface area contributed by atoms with Crippen LogP contribution in [0.3, 0.4) is 0 Å². The lowest BCUT2D eigenvalue weighted by molar-refractivity contribution is 0.0734. The molecular formula is C37H55FO3. The molecule has 0 radical (unpaired) electrons. The SMILES string of the molecule is CCCCCCCCCCc1ccc(OC(=O)c2ccc(OCCCC3CCCCC3CCCCC)cc2)cc1F. The van der Waals surface area contributed by atoms with Crippen molar-refractivity contribution in [2.24, 2.45) is 11.8 Å². The van der Waals surface area contributed by atoms with Crippen LogP contribution < -0.4 is 9.47 Å². The van der Waals surface area contributed by atoms with Gasteiger partial charge in [0.15, 0.2) is 0 Å². The van der Waals surface area contributed by atoms with Crippen LogP contribution in [0.2, 0.25) is 0 Å². The van der Waals surface area contributed by atoms with Crippen LogP contribution in [0.25, 0.3) is 0 Å². The molecule has 0 aliphatic heterocycles. The summed E-state index contributed by atoms with van der Waals surface area (Å²) in [5, 5.41) is 0. The minimum atomic E-state index is -0.488. The van der Waals surface area contributed by atoms with Gasteiger partial charge in [0.25, 0.3) is 0 Å². The zero-order valence-corrected chi connectivity index (χ0v) is 25.9. The fourth-order valence-corrected chi connectivity index (χ4v) is 6.33. The number of ether oxygens (including phenoxy) is 2. The van der Waals surface area contributed by atoms with E-state index in [0.717, 1.165) is 43.3 Å². The second kappa shape index (κ2) is 19.7. The number of esters is 1. The second-order valence-corrected chi connectivity index (χ2v) is 12.2. The highest BCUT2D eigenvalue weighted by molar-refractivity contribution is 5.91. The number of rotatable bonds is 20. The molecule has 1 saturated carbocycles. The van der Waals surface area contributed by atoms with E-state index < -0.39 is 5.97 Å². The van der Waals surface area contributed by atoms with Crippen molar-refractivity contribution in [1.82, 2.24) is 0 Å². The number of aryl methyl sites for hydroxylation is 1. The highest BCUT2D eigenvalue weighted by Gasteiger charge is 2.24. The number of benzene rings is 2. The predicted octanol–water partition coefficient (Wildman–Crippen LogP) is 11.3. The number of hydrogen-bond acceptors (Lipinski definition) is 3. The third-order valence-corrected chi connectivity index (χ3v) is 8.86. The van der Waals surface area contributed by atoms with Gasteiger partial charge in [0.2, 0.25) is 0 Å². The van der Waals surface area contributed by atoms with E-state index in [1.807, 2.05) is 12.1 Å². The van der Waals surface area contributed by atoms with Gasteiger partial charge >= 0.3 is 5.97 Å². The molecule has 0 N–H and O–H groups in total. The molecule has 0 heterocycles. The predicted molar refractivity (Wildman–Crippen MR) is 168 cm³/mol. The van der Waals surface area contributed by atoms with Crippen molar-refractivity contribution in [2.75, 3.05) is 6.61 Å². The Morgan fingerprint density at radius 2 is 1.32 bits per heavy atom. The molecule has 2 atom stereocenters. The van der Waals surface area contributed by atoms with Gasteiger partial charge in [-0.2, -0.15) is 0 Å². The van der Waals surface area contributed by atoms with Gasteiger partial charge in [-0.15, -0.1) is 0 Å². The van der Waals surface area contributed by atoms with Gasteiger partial charge in [-0.1, -0.05) is 116 Å². The largest absolute Gasteiger partial charge is 0.494 e. The van der Waals surface area contributed by atoms with Crippen molar-refractivity contribution in [3.63, 3.8) is 0 Å². The van der Waals surface area contributed by atoms with Crippen molar-refractivity contribution in [3.05, 3.63) is 59.4 Å². The number of carbonyl (C=O) groups excluding carboxylic acids is 1. The standard InChI is InChI=1S/C37H55FO3/c1-3-5-7-8-9-10-11-13-20-32-22-27-35(29-36(32)38)41-37(39)33-23-25-34(26-24-33)40-28-16-21-31-19-15-14-18-30(31)17-12-6-4-2/h22-27,29-31H,3-21,28H2,1-2H3. The molecule has 2 aromatic carbocycles. The first-order valence-electron chi connectivity index (χ1n) is 16.8. The molecule has 1 aliphatic carbocycles. The van der Waals surface area contributed by atoms with Crippen molar-refractivity contribution in [3.8, 4) is 11.5 Å². The van der Waals surface area contributed by atoms with Gasteiger partial charge < -0.3 is 9.47 Å². The van der Waals surface area contributed by atoms with E-state index >= 15 is 0 Å². The van der Waals surface area contributed by atoms with Crippen LogP contribution in [0.5, 0.6) is 11.5 Å². The quantitative estimate of drug-likeness (QED) is 0.0908. The zero-order chi connectivity index (χ0) is 29.1. The Bertz CT molecular complexity index is 986. The minimum absolute atomic E-state index is 0.239. The maximum Gasteiger partial charge on any atom is 0.343 e. The average molecular weight is 567 g/mol. The third kappa shape index (κ3) is 12.6. The minimum Gasteiger partial charge on any atom is -0.494 e. The van der Waals surface area contributed by atoms with E-state index in [1.54, 1.807) is 24.3 Å². The topological polar surface area (TPSA) is 35.5 Å². The lowest BCUT2D eigenvalue weighted by Crippen LogP contribution is -2.20. The number of halogens is 1. The van der Waals surface area contributed by atoms with Gasteiger partial charge in [0, 0.05) is 6.07 Å². The molecule has 2 aromatic rings. The van der Waals surface area contributed by atoms with Crippen LogP contribution in [0.1, 0.15) is 145 Å². The van der Waals surface area contributed by atoms with Crippen molar-refractivity contribution in [2.45, 2.75) is 136 Å². The Balaban J connectivity index is 1.35. The molecule has 228 valence electrons. The molecular weight excluding hydrogens is 511 g/mol. The molecule has 0 aromatic heterocycles. The van der Waals surface area contributed by atoms with Crippen LogP contribution in [-0.4, -0.2) is 12.6 Å². The first kappa shape index (κ1) is 33.1. The first-order valence-corrected chi connectivity index (χ1v) is 16.8. The number of carbonyl (C=O) groups is 1. The Hall–Kier alpha value is -2.36. The highest BCUT2D eigenvalue weighted by Crippen LogP contribution is 2.36. The fraction of sp³-hybridized carbons (Fsp3) is 0.649. The molecule has 1 aliphatic rings. The summed E-state index contributed by atoms with van der Waals surface area (Å²) >= 11 is 0. The normalized spacial score (nSPS) is 17.0. The fourth-order valence-electron chi connectivity index (χ4n) is 6.33. The van der Waals surface area contributed by atoms with Crippen LogP contribution >= 0.6 is 0 Å². The van der Waals surface area contributed by atoms with Crippen LogP contribution in [0.15, 0.2) is 42.5 Å². The van der Waals surface area contributed by atoms with E-state index in [9.17, 15) is 9.18 Å². The van der Waals surface area contributed by atoms with Gasteiger partial charge in [-0.05, 0) is 73.4 Å². The van der Waals surface area contributed by atoms with E-state index in [1.165, 1.54) is 102 Å². The maximum atomic E-state index is 14.6. The summed E-state index contributed by atoms with van der Waals surface area (Å²) in [6.45, 7) is 5.21. The summed E-state index contributed by atoms with van der Waals surface area (Å²) in [6.07, 6.45) is 23.8. The molecule has 3 nitrogen and oxygen atoms in total. The Labute approximate surface area is 249 Å². The molecule has 0 saturated heterocycles. The van der Waals surface area contributed by atoms with Crippen LogP contribution in [-0.2, 0) is 6.42 Å². The molecule has 4 heteroatoms. The molecule has 3 rings (SSSR count). The lowest BCUT2D eigenvalue weighted by Gasteiger charge is -2.31. The molecule has 2 unspecified atom stereocenters. The molecule has 0 bridgehead atoms. The molecule has 1 fully saturated rings. The Morgan fingerprint density at radius 3 is 1.98 bits per heavy atom. The Morgan fingerprint density at radius 1 is 0.732 bits per heavy atom. The maximum absolute atomic E-state index is 14.6. The molecule has 41 heavy (non-hydrogen) atoms. The summed E-state index contributed by atoms with van der Waals surface area (Å²) < 4.78 is 26.1. The first-order chi connectivity index (χ1) is 20.1. The van der Waals surface area contributed by atoms with Gasteiger partial charge in [0.05, 0.1) is 12.2 Å². The van der Waals surface area contributed by atoms with Crippen molar-refractivity contribution < 1.29 is 18.7 Å². The summed E-state index contributed by atoms with van der Waals surface area (Å²) in [4.78, 5) is 12.6. The van der Waals surface area contributed by atoms with Gasteiger partial charge in [-0.3, -0.25) is 0 Å². The average Bonchev–Trinajstić information content (AvgIpc) is 2.98. The number of hydrogen-bond donors (Lipinski definition) is 0.